The lowest BCUT2D eigenvalue weighted by molar-refractivity contribution is 0.437. The predicted molar refractivity (Wildman–Crippen MR) is 84.1 cm³/mol. The number of rotatable bonds is 5. The zero-order valence-electron chi connectivity index (χ0n) is 13.3. The summed E-state index contributed by atoms with van der Waals surface area (Å²) in [5.41, 5.74) is 2.38. The summed E-state index contributed by atoms with van der Waals surface area (Å²) in [5.74, 6) is 2.18. The van der Waals surface area contributed by atoms with Crippen molar-refractivity contribution in [2.75, 3.05) is 24.5 Å². The molecule has 1 aromatic rings. The molecule has 20 heavy (non-hydrogen) atoms. The first-order valence-corrected chi connectivity index (χ1v) is 7.93. The maximum absolute atomic E-state index is 4.79. The number of piperidine rings is 1. The van der Waals surface area contributed by atoms with Crippen molar-refractivity contribution in [1.82, 2.24) is 15.3 Å². The summed E-state index contributed by atoms with van der Waals surface area (Å²) in [5, 5.41) is 3.40. The lowest BCUT2D eigenvalue weighted by Crippen LogP contribution is -2.34. The summed E-state index contributed by atoms with van der Waals surface area (Å²) >= 11 is 0. The van der Waals surface area contributed by atoms with Crippen molar-refractivity contribution in [3.63, 3.8) is 0 Å². The molecule has 2 heterocycles. The predicted octanol–water partition coefficient (Wildman–Crippen LogP) is 2.95. The molecular formula is C16H28N4. The summed E-state index contributed by atoms with van der Waals surface area (Å²) in [4.78, 5) is 11.8. The second-order valence-corrected chi connectivity index (χ2v) is 6.16. The Labute approximate surface area is 123 Å². The Balaban J connectivity index is 2.21. The van der Waals surface area contributed by atoms with Gasteiger partial charge in [0.05, 0.1) is 17.6 Å². The Bertz CT molecular complexity index is 422. The van der Waals surface area contributed by atoms with Crippen molar-refractivity contribution < 1.29 is 0 Å². The first-order chi connectivity index (χ1) is 9.61. The molecule has 4 heteroatoms. The second-order valence-electron chi connectivity index (χ2n) is 6.16. The van der Waals surface area contributed by atoms with Crippen LogP contribution in [0.5, 0.6) is 0 Å². The van der Waals surface area contributed by atoms with E-state index in [9.17, 15) is 0 Å². The van der Waals surface area contributed by atoms with E-state index in [0.29, 0.717) is 5.92 Å². The van der Waals surface area contributed by atoms with E-state index >= 15 is 0 Å². The quantitative estimate of drug-likeness (QED) is 0.897. The highest BCUT2D eigenvalue weighted by molar-refractivity contribution is 5.49. The highest BCUT2D eigenvalue weighted by Crippen LogP contribution is 2.25. The third kappa shape index (κ3) is 3.69. The summed E-state index contributed by atoms with van der Waals surface area (Å²) in [7, 11) is 0. The van der Waals surface area contributed by atoms with Crippen LogP contribution in [0, 0.1) is 5.92 Å². The van der Waals surface area contributed by atoms with Crippen LogP contribution in [0.4, 0.5) is 5.69 Å². The molecule has 1 fully saturated rings. The van der Waals surface area contributed by atoms with Crippen LogP contribution in [-0.4, -0.2) is 29.6 Å². The van der Waals surface area contributed by atoms with Crippen LogP contribution in [0.15, 0.2) is 6.20 Å². The summed E-state index contributed by atoms with van der Waals surface area (Å²) < 4.78 is 0. The SMILES string of the molecule is CCNCc1nc(C(C)C)ncc1N1CCC(C)CC1. The molecule has 1 aromatic heterocycles. The van der Waals surface area contributed by atoms with Crippen LogP contribution in [-0.2, 0) is 6.54 Å². The average molecular weight is 276 g/mol. The van der Waals surface area contributed by atoms with E-state index in [4.69, 9.17) is 4.98 Å². The highest BCUT2D eigenvalue weighted by Gasteiger charge is 2.20. The van der Waals surface area contributed by atoms with E-state index < -0.39 is 0 Å². The number of aromatic nitrogens is 2. The first-order valence-electron chi connectivity index (χ1n) is 7.93. The molecular weight excluding hydrogens is 248 g/mol. The molecule has 1 saturated heterocycles. The van der Waals surface area contributed by atoms with E-state index in [0.717, 1.165) is 43.6 Å². The number of anilines is 1. The van der Waals surface area contributed by atoms with Crippen molar-refractivity contribution in [2.45, 2.75) is 53.0 Å². The molecule has 0 spiro atoms. The highest BCUT2D eigenvalue weighted by atomic mass is 15.2. The van der Waals surface area contributed by atoms with Gasteiger partial charge in [0.25, 0.3) is 0 Å². The lowest BCUT2D eigenvalue weighted by atomic mass is 9.99. The Hall–Kier alpha value is -1.16. The van der Waals surface area contributed by atoms with Gasteiger partial charge < -0.3 is 10.2 Å². The van der Waals surface area contributed by atoms with Crippen molar-refractivity contribution in [3.05, 3.63) is 17.7 Å². The number of hydrogen-bond acceptors (Lipinski definition) is 4. The Morgan fingerprint density at radius 2 is 2.05 bits per heavy atom. The maximum Gasteiger partial charge on any atom is 0.131 e. The monoisotopic (exact) mass is 276 g/mol. The van der Waals surface area contributed by atoms with Gasteiger partial charge in [0, 0.05) is 25.6 Å². The first kappa shape index (κ1) is 15.2. The van der Waals surface area contributed by atoms with E-state index in [2.05, 4.69) is 42.9 Å². The van der Waals surface area contributed by atoms with Crippen LogP contribution >= 0.6 is 0 Å². The van der Waals surface area contributed by atoms with Gasteiger partial charge in [-0.25, -0.2) is 9.97 Å². The molecule has 1 aliphatic heterocycles. The van der Waals surface area contributed by atoms with Gasteiger partial charge in [-0.2, -0.15) is 0 Å². The summed E-state index contributed by atoms with van der Waals surface area (Å²) in [6.07, 6.45) is 4.57. The van der Waals surface area contributed by atoms with Gasteiger partial charge in [-0.3, -0.25) is 0 Å². The van der Waals surface area contributed by atoms with E-state index in [-0.39, 0.29) is 0 Å². The Kier molecular flexibility index (Phi) is 5.35. The zero-order valence-corrected chi connectivity index (χ0v) is 13.3. The van der Waals surface area contributed by atoms with Crippen molar-refractivity contribution in [2.24, 2.45) is 5.92 Å². The Morgan fingerprint density at radius 3 is 2.65 bits per heavy atom. The van der Waals surface area contributed by atoms with E-state index in [1.165, 1.54) is 18.5 Å². The van der Waals surface area contributed by atoms with Crippen LogP contribution in [0.3, 0.4) is 0 Å². The largest absolute Gasteiger partial charge is 0.369 e. The van der Waals surface area contributed by atoms with Gasteiger partial charge in [-0.05, 0) is 25.3 Å². The minimum atomic E-state index is 0.380. The fourth-order valence-corrected chi connectivity index (χ4v) is 2.59. The Morgan fingerprint density at radius 1 is 1.35 bits per heavy atom. The minimum absolute atomic E-state index is 0.380. The second kappa shape index (κ2) is 7.02. The van der Waals surface area contributed by atoms with Crippen LogP contribution in [0.25, 0.3) is 0 Å². The average Bonchev–Trinajstić information content (AvgIpc) is 2.45. The lowest BCUT2D eigenvalue weighted by Gasteiger charge is -2.33. The summed E-state index contributed by atoms with van der Waals surface area (Å²) in [6, 6.07) is 0. The minimum Gasteiger partial charge on any atom is -0.369 e. The van der Waals surface area contributed by atoms with Gasteiger partial charge in [0.15, 0.2) is 0 Å². The standard InChI is InChI=1S/C16H28N4/c1-5-17-10-14-15(11-18-16(19-14)12(2)3)20-8-6-13(4)7-9-20/h11-13,17H,5-10H2,1-4H3. The molecule has 112 valence electrons. The molecule has 0 radical (unpaired) electrons. The van der Waals surface area contributed by atoms with Crippen LogP contribution < -0.4 is 10.2 Å². The molecule has 2 rings (SSSR count). The fourth-order valence-electron chi connectivity index (χ4n) is 2.59. The molecule has 0 bridgehead atoms. The van der Waals surface area contributed by atoms with Crippen molar-refractivity contribution in [3.8, 4) is 0 Å². The molecule has 0 unspecified atom stereocenters. The fraction of sp³-hybridized carbons (Fsp3) is 0.750. The molecule has 4 nitrogen and oxygen atoms in total. The third-order valence-electron chi connectivity index (χ3n) is 4.05. The van der Waals surface area contributed by atoms with E-state index in [1.807, 2.05) is 6.20 Å². The molecule has 0 aromatic carbocycles. The molecule has 1 aliphatic rings. The number of nitrogens with zero attached hydrogens (tertiary/aromatic N) is 3. The van der Waals surface area contributed by atoms with E-state index in [1.54, 1.807) is 0 Å². The molecule has 0 aliphatic carbocycles. The zero-order chi connectivity index (χ0) is 14.5. The number of hydrogen-bond donors (Lipinski definition) is 1. The molecule has 0 saturated carbocycles. The molecule has 0 amide bonds. The molecule has 0 atom stereocenters. The topological polar surface area (TPSA) is 41.1 Å². The normalized spacial score (nSPS) is 16.9. The number of nitrogens with one attached hydrogen (secondary N) is 1. The van der Waals surface area contributed by atoms with Gasteiger partial charge >= 0.3 is 0 Å². The smallest absolute Gasteiger partial charge is 0.131 e. The maximum atomic E-state index is 4.79. The van der Waals surface area contributed by atoms with Crippen molar-refractivity contribution >= 4 is 5.69 Å². The van der Waals surface area contributed by atoms with Crippen molar-refractivity contribution in [1.29, 1.82) is 0 Å². The molecule has 1 N–H and O–H groups in total. The third-order valence-corrected chi connectivity index (χ3v) is 4.05. The van der Waals surface area contributed by atoms with Gasteiger partial charge in [-0.1, -0.05) is 27.7 Å². The summed E-state index contributed by atoms with van der Waals surface area (Å²) in [6.45, 7) is 12.8. The van der Waals surface area contributed by atoms with Crippen LogP contribution in [0.2, 0.25) is 0 Å². The van der Waals surface area contributed by atoms with Gasteiger partial charge in [0.2, 0.25) is 0 Å². The van der Waals surface area contributed by atoms with Crippen LogP contribution in [0.1, 0.15) is 58.0 Å². The van der Waals surface area contributed by atoms with Gasteiger partial charge in [-0.15, -0.1) is 0 Å². The van der Waals surface area contributed by atoms with Gasteiger partial charge in [0.1, 0.15) is 5.82 Å².